The summed E-state index contributed by atoms with van der Waals surface area (Å²) in [6, 6.07) is 26.8. The third kappa shape index (κ3) is 8.74. The zero-order chi connectivity index (χ0) is 25.8. The van der Waals surface area contributed by atoms with Gasteiger partial charge in [-0.3, -0.25) is 4.90 Å². The number of sulfonamides is 1. The molecule has 0 saturated carbocycles. The Morgan fingerprint density at radius 3 is 1.81 bits per heavy atom. The topological polar surface area (TPSA) is 71.1 Å². The molecular formula is C29H37N3O4S. The van der Waals surface area contributed by atoms with Crippen molar-refractivity contribution in [2.24, 2.45) is 0 Å². The number of nitrogens with zero attached hydrogens (tertiary/aromatic N) is 2. The van der Waals surface area contributed by atoms with Crippen LogP contribution in [0.25, 0.3) is 0 Å². The second-order valence-electron chi connectivity index (χ2n) is 9.14. The smallest absolute Gasteiger partial charge is 0.243 e. The molecule has 1 fully saturated rings. The maximum atomic E-state index is 13.9. The summed E-state index contributed by atoms with van der Waals surface area (Å²) in [4.78, 5) is 2.57. The monoisotopic (exact) mass is 523 g/mol. The fourth-order valence-electron chi connectivity index (χ4n) is 4.29. The maximum absolute atomic E-state index is 13.9. The number of benzene rings is 3. The number of hydrogen-bond donors (Lipinski definition) is 1. The highest BCUT2D eigenvalue weighted by Gasteiger charge is 2.25. The molecule has 37 heavy (non-hydrogen) atoms. The van der Waals surface area contributed by atoms with Crippen LogP contribution >= 0.6 is 0 Å². The van der Waals surface area contributed by atoms with E-state index in [1.165, 1.54) is 0 Å². The van der Waals surface area contributed by atoms with Gasteiger partial charge in [0.05, 0.1) is 31.3 Å². The van der Waals surface area contributed by atoms with E-state index >= 15 is 0 Å². The van der Waals surface area contributed by atoms with Gasteiger partial charge in [-0.15, -0.1) is 0 Å². The minimum absolute atomic E-state index is 0.304. The van der Waals surface area contributed by atoms with Gasteiger partial charge < -0.3 is 14.8 Å². The molecule has 1 saturated heterocycles. The van der Waals surface area contributed by atoms with Crippen molar-refractivity contribution in [2.45, 2.75) is 24.5 Å². The number of rotatable bonds is 8. The molecule has 3 aromatic rings. The first kappa shape index (κ1) is 27.4. The van der Waals surface area contributed by atoms with Crippen molar-refractivity contribution in [3.05, 3.63) is 102 Å². The van der Waals surface area contributed by atoms with E-state index in [0.29, 0.717) is 51.0 Å². The van der Waals surface area contributed by atoms with Gasteiger partial charge in [-0.25, -0.2) is 8.42 Å². The average molecular weight is 524 g/mol. The summed E-state index contributed by atoms with van der Waals surface area (Å²) in [6.45, 7) is 6.96. The van der Waals surface area contributed by atoms with E-state index in [4.69, 9.17) is 9.47 Å². The summed E-state index contributed by atoms with van der Waals surface area (Å²) >= 11 is 0. The van der Waals surface area contributed by atoms with E-state index in [-0.39, 0.29) is 0 Å². The molecule has 0 unspecified atom stereocenters. The van der Waals surface area contributed by atoms with Crippen LogP contribution in [-0.4, -0.2) is 70.2 Å². The lowest BCUT2D eigenvalue weighted by molar-refractivity contribution is 0.0639. The summed E-state index contributed by atoms with van der Waals surface area (Å²) in [7, 11) is -3.73. The van der Waals surface area contributed by atoms with Gasteiger partial charge in [0.1, 0.15) is 0 Å². The highest BCUT2D eigenvalue weighted by Crippen LogP contribution is 2.23. The van der Waals surface area contributed by atoms with E-state index in [1.54, 1.807) is 16.4 Å². The van der Waals surface area contributed by atoms with Crippen LogP contribution in [-0.2, 0) is 39.1 Å². The maximum Gasteiger partial charge on any atom is 0.243 e. The Hall–Kier alpha value is -2.59. The van der Waals surface area contributed by atoms with Crippen molar-refractivity contribution < 1.29 is 17.9 Å². The molecule has 0 radical (unpaired) electrons. The molecule has 1 aliphatic rings. The van der Waals surface area contributed by atoms with Gasteiger partial charge in [-0.05, 0) is 28.8 Å². The average Bonchev–Trinajstić information content (AvgIpc) is 2.91. The molecule has 8 heteroatoms. The Morgan fingerprint density at radius 2 is 1.24 bits per heavy atom. The fraction of sp³-hybridized carbons (Fsp3) is 0.379. The van der Waals surface area contributed by atoms with Crippen LogP contribution in [0.15, 0.2) is 89.8 Å². The molecule has 3 aromatic carbocycles. The van der Waals surface area contributed by atoms with Gasteiger partial charge in [0, 0.05) is 45.8 Å². The van der Waals surface area contributed by atoms with Gasteiger partial charge in [0.25, 0.3) is 0 Å². The van der Waals surface area contributed by atoms with E-state index in [0.717, 1.165) is 42.9 Å². The predicted molar refractivity (Wildman–Crippen MR) is 146 cm³/mol. The highest BCUT2D eigenvalue weighted by atomic mass is 32.2. The first-order valence-electron chi connectivity index (χ1n) is 12.9. The van der Waals surface area contributed by atoms with Gasteiger partial charge >= 0.3 is 0 Å². The first-order chi connectivity index (χ1) is 18.1. The van der Waals surface area contributed by atoms with Crippen molar-refractivity contribution in [3.63, 3.8) is 0 Å². The Kier molecular flexibility index (Phi) is 10.7. The van der Waals surface area contributed by atoms with Crippen LogP contribution in [0.2, 0.25) is 0 Å². The molecule has 1 heterocycles. The van der Waals surface area contributed by atoms with Crippen LogP contribution in [0.4, 0.5) is 0 Å². The zero-order valence-corrected chi connectivity index (χ0v) is 22.1. The molecule has 4 rings (SSSR count). The lowest BCUT2D eigenvalue weighted by atomic mass is 10.2. The lowest BCUT2D eigenvalue weighted by Crippen LogP contribution is -2.34. The molecule has 7 nitrogen and oxygen atoms in total. The summed E-state index contributed by atoms with van der Waals surface area (Å²) in [5, 5.41) is 3.29. The van der Waals surface area contributed by atoms with Gasteiger partial charge in [0.15, 0.2) is 0 Å². The van der Waals surface area contributed by atoms with Crippen LogP contribution in [0.5, 0.6) is 0 Å². The third-order valence-electron chi connectivity index (χ3n) is 6.30. The van der Waals surface area contributed by atoms with E-state index in [1.807, 2.05) is 72.8 Å². The summed E-state index contributed by atoms with van der Waals surface area (Å²) in [5.74, 6) is 0. The van der Waals surface area contributed by atoms with Crippen LogP contribution in [0, 0.1) is 0 Å². The highest BCUT2D eigenvalue weighted by molar-refractivity contribution is 7.89. The van der Waals surface area contributed by atoms with E-state index < -0.39 is 10.0 Å². The first-order valence-corrected chi connectivity index (χ1v) is 14.3. The normalized spacial score (nSPS) is 16.7. The Morgan fingerprint density at radius 1 is 0.703 bits per heavy atom. The zero-order valence-electron chi connectivity index (χ0n) is 21.3. The molecule has 0 aromatic heterocycles. The minimum atomic E-state index is -3.73. The molecule has 0 atom stereocenters. The second kappa shape index (κ2) is 14.4. The summed E-state index contributed by atoms with van der Waals surface area (Å²) in [6.07, 6.45) is 0. The number of nitrogens with one attached hydrogen (secondary N) is 1. The van der Waals surface area contributed by atoms with Crippen LogP contribution < -0.4 is 5.32 Å². The fourth-order valence-corrected chi connectivity index (χ4v) is 5.77. The molecule has 0 spiro atoms. The second-order valence-corrected chi connectivity index (χ2v) is 11.1. The van der Waals surface area contributed by atoms with Crippen molar-refractivity contribution in [2.75, 3.05) is 52.6 Å². The van der Waals surface area contributed by atoms with Crippen molar-refractivity contribution in [1.29, 1.82) is 0 Å². The third-order valence-corrected chi connectivity index (χ3v) is 8.08. The molecule has 0 bridgehead atoms. The molecule has 1 N–H and O–H groups in total. The van der Waals surface area contributed by atoms with Crippen molar-refractivity contribution >= 4 is 10.0 Å². The number of hydrogen-bond acceptors (Lipinski definition) is 6. The van der Waals surface area contributed by atoms with Crippen molar-refractivity contribution in [1.82, 2.24) is 14.5 Å². The Labute approximate surface area is 221 Å². The summed E-state index contributed by atoms with van der Waals surface area (Å²) in [5.41, 5.74) is 2.86. The molecule has 1 aliphatic heterocycles. The number of ether oxygens (including phenoxy) is 2. The van der Waals surface area contributed by atoms with Crippen LogP contribution in [0.1, 0.15) is 16.7 Å². The Balaban J connectivity index is 1.52. The minimum Gasteiger partial charge on any atom is -0.379 e. The quantitative estimate of drug-likeness (QED) is 0.487. The lowest BCUT2D eigenvalue weighted by Gasteiger charge is -2.25. The van der Waals surface area contributed by atoms with Gasteiger partial charge in [-0.2, -0.15) is 4.31 Å². The van der Waals surface area contributed by atoms with Gasteiger partial charge in [0.2, 0.25) is 10.0 Å². The summed E-state index contributed by atoms with van der Waals surface area (Å²) < 4.78 is 40.9. The Bertz CT molecular complexity index is 1120. The van der Waals surface area contributed by atoms with Crippen LogP contribution in [0.3, 0.4) is 0 Å². The largest absolute Gasteiger partial charge is 0.379 e. The predicted octanol–water partition coefficient (Wildman–Crippen LogP) is 3.52. The molecule has 0 aliphatic carbocycles. The molecular weight excluding hydrogens is 486 g/mol. The van der Waals surface area contributed by atoms with Gasteiger partial charge in [-0.1, -0.05) is 72.8 Å². The van der Waals surface area contributed by atoms with E-state index in [2.05, 4.69) is 10.2 Å². The SMILES string of the molecule is O=S(=O)(c1cccc(CN2CCOCCNCCOCC2)c1)N(Cc1ccccc1)Cc1ccccc1. The molecule has 198 valence electrons. The van der Waals surface area contributed by atoms with Crippen molar-refractivity contribution in [3.8, 4) is 0 Å². The standard InChI is InChI=1S/C29H37N3O4S/c33-37(34,32(24-26-8-3-1-4-9-26)25-27-10-5-2-6-11-27)29-13-7-12-28(22-29)23-31-16-20-35-18-14-30-15-19-36-21-17-31/h1-13,22,30H,14-21,23-25H2. The molecule has 0 amide bonds. The van der Waals surface area contributed by atoms with E-state index in [9.17, 15) is 8.42 Å².